The van der Waals surface area contributed by atoms with Crippen LogP contribution in [0.5, 0.6) is 0 Å². The Kier molecular flexibility index (Phi) is 6.17. The Labute approximate surface area is 185 Å². The van der Waals surface area contributed by atoms with Gasteiger partial charge in [-0.1, -0.05) is 63.8 Å². The summed E-state index contributed by atoms with van der Waals surface area (Å²) in [7, 11) is 0. The Bertz CT molecular complexity index is 710. The molecule has 2 nitrogen and oxygen atoms in total. The summed E-state index contributed by atoms with van der Waals surface area (Å²) < 4.78 is 0. The molecule has 0 saturated heterocycles. The Morgan fingerprint density at radius 1 is 0.667 bits per heavy atom. The Hall–Kier alpha value is -1.18. The molecule has 0 aromatic heterocycles. The van der Waals surface area contributed by atoms with Crippen molar-refractivity contribution < 1.29 is 0 Å². The highest BCUT2D eigenvalue weighted by Crippen LogP contribution is 2.50. The number of nitrogens with zero attached hydrogens (tertiary/aromatic N) is 2. The fraction of sp³-hybridized carbons (Fsp3) is 0.786. The van der Waals surface area contributed by atoms with Gasteiger partial charge in [0.25, 0.3) is 0 Å². The van der Waals surface area contributed by atoms with Gasteiger partial charge in [-0.15, -0.1) is 0 Å². The first kappa shape index (κ1) is 22.0. The quantitative estimate of drug-likeness (QED) is 0.256. The summed E-state index contributed by atoms with van der Waals surface area (Å²) in [6.07, 6.45) is 17.4. The molecule has 0 radical (unpaired) electrons. The van der Waals surface area contributed by atoms with E-state index in [2.05, 4.69) is 64.2 Å². The van der Waals surface area contributed by atoms with Gasteiger partial charge in [0.15, 0.2) is 0 Å². The van der Waals surface area contributed by atoms with E-state index < -0.39 is 0 Å². The van der Waals surface area contributed by atoms with Crippen molar-refractivity contribution in [2.75, 3.05) is 0 Å². The molecule has 4 aliphatic rings. The first-order chi connectivity index (χ1) is 14.2. The molecule has 0 aromatic rings. The summed E-state index contributed by atoms with van der Waals surface area (Å²) >= 11 is 0. The first-order valence-corrected chi connectivity index (χ1v) is 12.7. The molecular formula is C28H44N2. The SMILES string of the molecule is CC1CC2=C(CC1C=NN=CC1CC3=C(CCCC3(C)C)CC1C)C(C)(C)CCC2. The van der Waals surface area contributed by atoms with Crippen molar-refractivity contribution in [1.29, 1.82) is 0 Å². The van der Waals surface area contributed by atoms with E-state index in [0.717, 1.165) is 0 Å². The van der Waals surface area contributed by atoms with E-state index in [1.54, 1.807) is 22.3 Å². The van der Waals surface area contributed by atoms with Crippen LogP contribution in [0.2, 0.25) is 0 Å². The minimum Gasteiger partial charge on any atom is -0.164 e. The average molecular weight is 409 g/mol. The lowest BCUT2D eigenvalue weighted by Crippen LogP contribution is -2.30. The van der Waals surface area contributed by atoms with Crippen LogP contribution in [0.15, 0.2) is 32.5 Å². The first-order valence-electron chi connectivity index (χ1n) is 12.7. The van der Waals surface area contributed by atoms with Crippen LogP contribution in [0.25, 0.3) is 0 Å². The lowest BCUT2D eigenvalue weighted by atomic mass is 9.63. The molecule has 2 heteroatoms. The van der Waals surface area contributed by atoms with Crippen LogP contribution in [0.3, 0.4) is 0 Å². The zero-order chi connectivity index (χ0) is 21.5. The normalized spacial score (nSPS) is 36.3. The smallest absolute Gasteiger partial charge is 0.0307 e. The monoisotopic (exact) mass is 408 g/mol. The van der Waals surface area contributed by atoms with Gasteiger partial charge >= 0.3 is 0 Å². The zero-order valence-electron chi connectivity index (χ0n) is 20.4. The summed E-state index contributed by atoms with van der Waals surface area (Å²) in [5, 5.41) is 9.21. The maximum absolute atomic E-state index is 4.61. The molecule has 0 aromatic carbocycles. The second kappa shape index (κ2) is 8.40. The van der Waals surface area contributed by atoms with Crippen LogP contribution in [0, 0.1) is 34.5 Å². The molecule has 4 rings (SSSR count). The highest BCUT2D eigenvalue weighted by atomic mass is 15.2. The number of hydrogen-bond acceptors (Lipinski definition) is 2. The van der Waals surface area contributed by atoms with Crippen LogP contribution in [0.1, 0.15) is 106 Å². The molecule has 0 bridgehead atoms. The van der Waals surface area contributed by atoms with Crippen molar-refractivity contribution in [1.82, 2.24) is 0 Å². The summed E-state index contributed by atoms with van der Waals surface area (Å²) in [5.41, 5.74) is 7.79. The molecule has 4 unspecified atom stereocenters. The van der Waals surface area contributed by atoms with E-state index in [0.29, 0.717) is 34.5 Å². The maximum atomic E-state index is 4.61. The highest BCUT2D eigenvalue weighted by molar-refractivity contribution is 5.66. The summed E-state index contributed by atoms with van der Waals surface area (Å²) in [6, 6.07) is 0. The number of allylic oxidation sites excluding steroid dienone is 4. The van der Waals surface area contributed by atoms with Crippen LogP contribution < -0.4 is 0 Å². The van der Waals surface area contributed by atoms with Crippen molar-refractivity contribution in [3.63, 3.8) is 0 Å². The van der Waals surface area contributed by atoms with E-state index in [1.165, 1.54) is 64.2 Å². The second-order valence-corrected chi connectivity index (χ2v) is 12.3. The molecule has 0 amide bonds. The van der Waals surface area contributed by atoms with Crippen molar-refractivity contribution in [2.45, 2.75) is 106 Å². The third-order valence-corrected chi connectivity index (χ3v) is 9.11. The average Bonchev–Trinajstić information content (AvgIpc) is 2.66. The van der Waals surface area contributed by atoms with Crippen molar-refractivity contribution in [3.8, 4) is 0 Å². The fourth-order valence-corrected chi connectivity index (χ4v) is 6.94. The van der Waals surface area contributed by atoms with Gasteiger partial charge in [-0.3, -0.25) is 0 Å². The number of hydrogen-bond donors (Lipinski definition) is 0. The molecule has 0 saturated carbocycles. The van der Waals surface area contributed by atoms with E-state index >= 15 is 0 Å². The Morgan fingerprint density at radius 2 is 1.07 bits per heavy atom. The van der Waals surface area contributed by atoms with Crippen LogP contribution in [0.4, 0.5) is 0 Å². The van der Waals surface area contributed by atoms with Crippen LogP contribution >= 0.6 is 0 Å². The molecular weight excluding hydrogens is 364 g/mol. The van der Waals surface area contributed by atoms with E-state index in [-0.39, 0.29) is 0 Å². The minimum atomic E-state index is 0.388. The lowest BCUT2D eigenvalue weighted by molar-refractivity contribution is 0.295. The molecule has 0 spiro atoms. The molecule has 4 atom stereocenters. The van der Waals surface area contributed by atoms with E-state index in [9.17, 15) is 0 Å². The third-order valence-electron chi connectivity index (χ3n) is 9.11. The molecule has 0 aliphatic heterocycles. The largest absolute Gasteiger partial charge is 0.164 e. The van der Waals surface area contributed by atoms with Gasteiger partial charge in [-0.25, -0.2) is 0 Å². The Morgan fingerprint density at radius 3 is 1.47 bits per heavy atom. The summed E-state index contributed by atoms with van der Waals surface area (Å²) in [4.78, 5) is 0. The minimum absolute atomic E-state index is 0.388. The van der Waals surface area contributed by atoms with Gasteiger partial charge in [-0.2, -0.15) is 10.2 Å². The predicted molar refractivity (Wildman–Crippen MR) is 130 cm³/mol. The topological polar surface area (TPSA) is 24.7 Å². The van der Waals surface area contributed by atoms with Gasteiger partial charge in [0.1, 0.15) is 0 Å². The standard InChI is InChI=1S/C28H44N2/c1-19-13-21-9-7-11-27(3,4)25(21)15-23(19)17-29-30-18-24-16-26-22(14-20(24)2)10-8-12-28(26,5)6/h17-20,23-24H,7-16H2,1-6H3. The lowest BCUT2D eigenvalue weighted by Gasteiger charge is -2.42. The number of rotatable bonds is 3. The van der Waals surface area contributed by atoms with Crippen molar-refractivity contribution in [3.05, 3.63) is 22.3 Å². The molecule has 4 aliphatic carbocycles. The van der Waals surface area contributed by atoms with E-state index in [4.69, 9.17) is 0 Å². The van der Waals surface area contributed by atoms with Gasteiger partial charge in [0, 0.05) is 24.3 Å². The molecule has 0 N–H and O–H groups in total. The molecule has 0 fully saturated rings. The van der Waals surface area contributed by atoms with Crippen molar-refractivity contribution >= 4 is 12.4 Å². The fourth-order valence-electron chi connectivity index (χ4n) is 6.94. The molecule has 166 valence electrons. The van der Waals surface area contributed by atoms with E-state index in [1.807, 2.05) is 0 Å². The summed E-state index contributed by atoms with van der Waals surface area (Å²) in [5.74, 6) is 2.49. The predicted octanol–water partition coefficient (Wildman–Crippen LogP) is 8.15. The van der Waals surface area contributed by atoms with Crippen LogP contribution in [-0.2, 0) is 0 Å². The zero-order valence-corrected chi connectivity index (χ0v) is 20.4. The van der Waals surface area contributed by atoms with Gasteiger partial charge in [0.2, 0.25) is 0 Å². The maximum Gasteiger partial charge on any atom is 0.0307 e. The summed E-state index contributed by atoms with van der Waals surface area (Å²) in [6.45, 7) is 14.6. The van der Waals surface area contributed by atoms with Gasteiger partial charge in [0.05, 0.1) is 0 Å². The van der Waals surface area contributed by atoms with Crippen LogP contribution in [-0.4, -0.2) is 12.4 Å². The second-order valence-electron chi connectivity index (χ2n) is 12.3. The molecule has 0 heterocycles. The van der Waals surface area contributed by atoms with Gasteiger partial charge in [-0.05, 0) is 86.9 Å². The third kappa shape index (κ3) is 4.39. The van der Waals surface area contributed by atoms with Gasteiger partial charge < -0.3 is 0 Å². The Balaban J connectivity index is 1.41. The molecule has 30 heavy (non-hydrogen) atoms. The van der Waals surface area contributed by atoms with Crippen molar-refractivity contribution in [2.24, 2.45) is 44.7 Å². The highest BCUT2D eigenvalue weighted by Gasteiger charge is 2.37.